The first kappa shape index (κ1) is 14.0. The molecule has 4 nitrogen and oxygen atoms in total. The van der Waals surface area contributed by atoms with Gasteiger partial charge in [-0.15, -0.1) is 0 Å². The molecule has 0 saturated heterocycles. The Labute approximate surface area is 103 Å². The first-order valence-corrected chi connectivity index (χ1v) is 6.26. The van der Waals surface area contributed by atoms with Gasteiger partial charge in [0.1, 0.15) is 0 Å². The van der Waals surface area contributed by atoms with Gasteiger partial charge in [-0.05, 0) is 25.2 Å². The zero-order valence-corrected chi connectivity index (χ0v) is 11.1. The van der Waals surface area contributed by atoms with Gasteiger partial charge in [0, 0.05) is 6.04 Å². The van der Waals surface area contributed by atoms with Crippen molar-refractivity contribution in [3.8, 4) is 0 Å². The molecule has 1 saturated carbocycles. The molecule has 1 aliphatic rings. The minimum atomic E-state index is -0.842. The van der Waals surface area contributed by atoms with Gasteiger partial charge in [-0.2, -0.15) is 0 Å². The smallest absolute Gasteiger partial charge is 0.307 e. The van der Waals surface area contributed by atoms with Crippen LogP contribution < -0.4 is 5.32 Å². The van der Waals surface area contributed by atoms with Gasteiger partial charge in [0.05, 0.1) is 11.8 Å². The van der Waals surface area contributed by atoms with E-state index in [0.29, 0.717) is 12.8 Å². The number of carboxylic acids is 1. The lowest BCUT2D eigenvalue weighted by Crippen LogP contribution is -2.45. The van der Waals surface area contributed by atoms with Gasteiger partial charge in [-0.1, -0.05) is 27.2 Å². The summed E-state index contributed by atoms with van der Waals surface area (Å²) in [6.45, 7) is 8.13. The largest absolute Gasteiger partial charge is 0.481 e. The van der Waals surface area contributed by atoms with Crippen molar-refractivity contribution < 1.29 is 14.7 Å². The van der Waals surface area contributed by atoms with Crippen LogP contribution in [0.2, 0.25) is 0 Å². The average molecular weight is 241 g/mol. The highest BCUT2D eigenvalue weighted by Gasteiger charge is 2.38. The molecule has 0 aromatic carbocycles. The van der Waals surface area contributed by atoms with Crippen molar-refractivity contribution in [2.75, 3.05) is 0 Å². The SMILES string of the molecule is CC(NC(=O)C1CCCC1C(=O)O)C(C)(C)C. The molecule has 17 heavy (non-hydrogen) atoms. The summed E-state index contributed by atoms with van der Waals surface area (Å²) >= 11 is 0. The molecule has 0 aromatic rings. The summed E-state index contributed by atoms with van der Waals surface area (Å²) < 4.78 is 0. The summed E-state index contributed by atoms with van der Waals surface area (Å²) in [5.74, 6) is -1.79. The van der Waals surface area contributed by atoms with Gasteiger partial charge >= 0.3 is 5.97 Å². The van der Waals surface area contributed by atoms with Gasteiger partial charge in [0.25, 0.3) is 0 Å². The standard InChI is InChI=1S/C13H23NO3/c1-8(13(2,3)4)14-11(15)9-6-5-7-10(9)12(16)17/h8-10H,5-7H2,1-4H3,(H,14,15)(H,16,17). The minimum Gasteiger partial charge on any atom is -0.481 e. The van der Waals surface area contributed by atoms with Crippen molar-refractivity contribution in [3.05, 3.63) is 0 Å². The zero-order valence-electron chi connectivity index (χ0n) is 11.1. The summed E-state index contributed by atoms with van der Waals surface area (Å²) in [4.78, 5) is 23.1. The minimum absolute atomic E-state index is 0.00696. The molecule has 1 amide bonds. The number of carbonyl (C=O) groups excluding carboxylic acids is 1. The zero-order chi connectivity index (χ0) is 13.2. The number of nitrogens with one attached hydrogen (secondary N) is 1. The van der Waals surface area contributed by atoms with Crippen LogP contribution in [-0.2, 0) is 9.59 Å². The lowest BCUT2D eigenvalue weighted by molar-refractivity contribution is -0.146. The monoisotopic (exact) mass is 241 g/mol. The van der Waals surface area contributed by atoms with Crippen LogP contribution in [0.15, 0.2) is 0 Å². The molecule has 3 unspecified atom stereocenters. The Balaban J connectivity index is 2.61. The lowest BCUT2D eigenvalue weighted by atomic mass is 9.87. The highest BCUT2D eigenvalue weighted by atomic mass is 16.4. The van der Waals surface area contributed by atoms with Crippen LogP contribution in [-0.4, -0.2) is 23.0 Å². The van der Waals surface area contributed by atoms with Crippen LogP contribution in [0.3, 0.4) is 0 Å². The molecule has 0 radical (unpaired) electrons. The van der Waals surface area contributed by atoms with Crippen molar-refractivity contribution in [2.45, 2.75) is 53.0 Å². The van der Waals surface area contributed by atoms with E-state index in [0.717, 1.165) is 6.42 Å². The first-order valence-electron chi connectivity index (χ1n) is 6.26. The Kier molecular flexibility index (Phi) is 4.17. The highest BCUT2D eigenvalue weighted by Crippen LogP contribution is 2.32. The predicted octanol–water partition coefficient (Wildman–Crippen LogP) is 2.04. The molecule has 0 heterocycles. The van der Waals surface area contributed by atoms with E-state index in [2.05, 4.69) is 26.1 Å². The van der Waals surface area contributed by atoms with Crippen molar-refractivity contribution >= 4 is 11.9 Å². The lowest BCUT2D eigenvalue weighted by Gasteiger charge is -2.29. The molecule has 0 spiro atoms. The Morgan fingerprint density at radius 2 is 1.76 bits per heavy atom. The Bertz CT molecular complexity index is 306. The molecule has 3 atom stereocenters. The number of rotatable bonds is 3. The molecule has 98 valence electrons. The van der Waals surface area contributed by atoms with Crippen molar-refractivity contribution in [3.63, 3.8) is 0 Å². The molecule has 0 bridgehead atoms. The number of amides is 1. The molecule has 2 N–H and O–H groups in total. The van der Waals surface area contributed by atoms with Crippen LogP contribution in [0.4, 0.5) is 0 Å². The van der Waals surface area contributed by atoms with E-state index in [4.69, 9.17) is 5.11 Å². The summed E-state index contributed by atoms with van der Waals surface area (Å²) in [6, 6.07) is 0.0463. The summed E-state index contributed by atoms with van der Waals surface area (Å²) in [5, 5.41) is 12.0. The molecule has 0 aliphatic heterocycles. The van der Waals surface area contributed by atoms with E-state index in [1.807, 2.05) is 6.92 Å². The maximum Gasteiger partial charge on any atom is 0.307 e. The number of hydrogen-bond acceptors (Lipinski definition) is 2. The van der Waals surface area contributed by atoms with E-state index >= 15 is 0 Å². The van der Waals surface area contributed by atoms with Crippen molar-refractivity contribution in [2.24, 2.45) is 17.3 Å². The second-order valence-corrected chi connectivity index (χ2v) is 6.08. The summed E-state index contributed by atoms with van der Waals surface area (Å²) in [6.07, 6.45) is 2.15. The van der Waals surface area contributed by atoms with Gasteiger partial charge < -0.3 is 10.4 Å². The van der Waals surface area contributed by atoms with E-state index in [-0.39, 0.29) is 23.3 Å². The number of aliphatic carboxylic acids is 1. The molecular formula is C13H23NO3. The van der Waals surface area contributed by atoms with Crippen LogP contribution >= 0.6 is 0 Å². The fourth-order valence-electron chi connectivity index (χ4n) is 2.11. The van der Waals surface area contributed by atoms with E-state index < -0.39 is 11.9 Å². The van der Waals surface area contributed by atoms with Gasteiger partial charge in [0.2, 0.25) is 5.91 Å². The molecule has 1 rings (SSSR count). The van der Waals surface area contributed by atoms with Crippen molar-refractivity contribution in [1.29, 1.82) is 0 Å². The molecule has 1 aliphatic carbocycles. The first-order chi connectivity index (χ1) is 7.73. The van der Waals surface area contributed by atoms with Gasteiger partial charge in [-0.3, -0.25) is 9.59 Å². The predicted molar refractivity (Wildman–Crippen MR) is 65.5 cm³/mol. The molecular weight excluding hydrogens is 218 g/mol. The van der Waals surface area contributed by atoms with E-state index in [1.54, 1.807) is 0 Å². The van der Waals surface area contributed by atoms with Crippen molar-refractivity contribution in [1.82, 2.24) is 5.32 Å². The van der Waals surface area contributed by atoms with Crippen LogP contribution in [0.25, 0.3) is 0 Å². The average Bonchev–Trinajstić information content (AvgIpc) is 2.63. The van der Waals surface area contributed by atoms with Crippen LogP contribution in [0.1, 0.15) is 47.0 Å². The second kappa shape index (κ2) is 5.07. The Morgan fingerprint density at radius 1 is 1.24 bits per heavy atom. The van der Waals surface area contributed by atoms with E-state index in [9.17, 15) is 9.59 Å². The normalized spacial score (nSPS) is 26.6. The quantitative estimate of drug-likeness (QED) is 0.794. The second-order valence-electron chi connectivity index (χ2n) is 6.08. The third-order valence-electron chi connectivity index (χ3n) is 3.83. The summed E-state index contributed by atoms with van der Waals surface area (Å²) in [7, 11) is 0. The van der Waals surface area contributed by atoms with Crippen LogP contribution in [0, 0.1) is 17.3 Å². The molecule has 4 heteroatoms. The number of hydrogen-bond donors (Lipinski definition) is 2. The maximum absolute atomic E-state index is 12.0. The fraction of sp³-hybridized carbons (Fsp3) is 0.846. The number of carbonyl (C=O) groups is 2. The topological polar surface area (TPSA) is 66.4 Å². The summed E-state index contributed by atoms with van der Waals surface area (Å²) in [5.41, 5.74) is -0.00696. The number of carboxylic acid groups (broad SMARTS) is 1. The Hall–Kier alpha value is -1.06. The van der Waals surface area contributed by atoms with Crippen LogP contribution in [0.5, 0.6) is 0 Å². The van der Waals surface area contributed by atoms with E-state index in [1.165, 1.54) is 0 Å². The van der Waals surface area contributed by atoms with Gasteiger partial charge in [0.15, 0.2) is 0 Å². The van der Waals surface area contributed by atoms with Gasteiger partial charge in [-0.25, -0.2) is 0 Å². The fourth-order valence-corrected chi connectivity index (χ4v) is 2.11. The Morgan fingerprint density at radius 3 is 2.24 bits per heavy atom. The maximum atomic E-state index is 12.0. The molecule has 1 fully saturated rings. The third-order valence-corrected chi connectivity index (χ3v) is 3.83. The highest BCUT2D eigenvalue weighted by molar-refractivity contribution is 5.85. The molecule has 0 aromatic heterocycles. The third kappa shape index (κ3) is 3.45.